The highest BCUT2D eigenvalue weighted by Gasteiger charge is 2.06. The first-order valence-corrected chi connectivity index (χ1v) is 5.87. The van der Waals surface area contributed by atoms with Gasteiger partial charge >= 0.3 is 0 Å². The molecule has 2 heterocycles. The van der Waals surface area contributed by atoms with Crippen LogP contribution < -0.4 is 10.6 Å². The molecule has 0 aromatic carbocycles. The van der Waals surface area contributed by atoms with Gasteiger partial charge in [0, 0.05) is 30.3 Å². The number of hydrogen-bond donors (Lipinski definition) is 0. The molecule has 0 aliphatic carbocycles. The summed E-state index contributed by atoms with van der Waals surface area (Å²) in [5.41, 5.74) is 0.929. The van der Waals surface area contributed by atoms with Crippen molar-refractivity contribution in [2.24, 2.45) is 4.99 Å². The molecule has 0 saturated heterocycles. The number of rotatable bonds is 2. The fraction of sp³-hybridized carbons (Fsp3) is 0.133. The largest absolute Gasteiger partial charge is 0.458 e. The van der Waals surface area contributed by atoms with Crippen LogP contribution in [0.15, 0.2) is 53.8 Å². The van der Waals surface area contributed by atoms with Crippen LogP contribution in [0.1, 0.15) is 6.42 Å². The van der Waals surface area contributed by atoms with E-state index in [4.69, 9.17) is 4.74 Å². The number of allylic oxidation sites excluding steroid dienone is 3. The van der Waals surface area contributed by atoms with Gasteiger partial charge in [-0.2, -0.15) is 0 Å². The first kappa shape index (κ1) is 13.0. The molecule has 0 N–H and O–H groups in total. The molecule has 0 atom stereocenters. The second-order valence-corrected chi connectivity index (χ2v) is 3.97. The molecule has 1 aliphatic heterocycles. The standard InChI is InChI=1S/C15H15N3O/c1-4-15-12(8-16-3)5-6-14-13(7-11(2)19-15)9-17-10-18-14/h4,6-10H,1-2,5H2,3H3/b13-7-,14-6+,15-12+,16-8?. The fourth-order valence-electron chi connectivity index (χ4n) is 1.79. The Morgan fingerprint density at radius 2 is 2.32 bits per heavy atom. The van der Waals surface area contributed by atoms with Gasteiger partial charge in [-0.3, -0.25) is 4.99 Å². The van der Waals surface area contributed by atoms with Gasteiger partial charge < -0.3 is 4.74 Å². The van der Waals surface area contributed by atoms with E-state index in [-0.39, 0.29) is 0 Å². The molecule has 4 heteroatoms. The van der Waals surface area contributed by atoms with E-state index in [0.29, 0.717) is 17.9 Å². The van der Waals surface area contributed by atoms with Crippen molar-refractivity contribution in [3.63, 3.8) is 0 Å². The van der Waals surface area contributed by atoms with E-state index in [1.807, 2.05) is 6.08 Å². The smallest absolute Gasteiger partial charge is 0.131 e. The quantitative estimate of drug-likeness (QED) is 0.742. The number of hydrogen-bond acceptors (Lipinski definition) is 4. The average molecular weight is 253 g/mol. The number of ether oxygens (including phenoxy) is 1. The Kier molecular flexibility index (Phi) is 4.03. The van der Waals surface area contributed by atoms with Gasteiger partial charge in [0.05, 0.1) is 5.35 Å². The maximum atomic E-state index is 5.69. The van der Waals surface area contributed by atoms with E-state index >= 15 is 0 Å². The molecule has 0 radical (unpaired) electrons. The first-order valence-electron chi connectivity index (χ1n) is 5.87. The van der Waals surface area contributed by atoms with Gasteiger partial charge in [0.1, 0.15) is 17.8 Å². The van der Waals surface area contributed by atoms with Crippen molar-refractivity contribution in [1.82, 2.24) is 9.97 Å². The van der Waals surface area contributed by atoms with Crippen LogP contribution in [0.5, 0.6) is 0 Å². The molecule has 0 fully saturated rings. The third-order valence-electron chi connectivity index (χ3n) is 2.63. The van der Waals surface area contributed by atoms with Crippen molar-refractivity contribution in [2.75, 3.05) is 7.05 Å². The molecule has 0 saturated carbocycles. The van der Waals surface area contributed by atoms with Crippen LogP contribution in [-0.2, 0) is 4.74 Å². The fourth-order valence-corrected chi connectivity index (χ4v) is 1.79. The van der Waals surface area contributed by atoms with Gasteiger partial charge in [0.2, 0.25) is 0 Å². The van der Waals surface area contributed by atoms with E-state index in [1.54, 1.807) is 31.6 Å². The van der Waals surface area contributed by atoms with E-state index in [0.717, 1.165) is 16.1 Å². The molecule has 1 aliphatic rings. The van der Waals surface area contributed by atoms with Crippen LogP contribution in [-0.4, -0.2) is 23.2 Å². The molecule has 96 valence electrons. The summed E-state index contributed by atoms with van der Waals surface area (Å²) in [6.07, 6.45) is 11.1. The van der Waals surface area contributed by atoms with Crippen molar-refractivity contribution in [1.29, 1.82) is 0 Å². The molecule has 1 aromatic heterocycles. The highest BCUT2D eigenvalue weighted by molar-refractivity contribution is 5.81. The minimum absolute atomic E-state index is 0.517. The van der Waals surface area contributed by atoms with Crippen LogP contribution in [0.2, 0.25) is 0 Å². The topological polar surface area (TPSA) is 47.4 Å². The van der Waals surface area contributed by atoms with Crippen LogP contribution >= 0.6 is 0 Å². The van der Waals surface area contributed by atoms with Crippen molar-refractivity contribution in [3.8, 4) is 0 Å². The lowest BCUT2D eigenvalue weighted by molar-refractivity contribution is 0.342. The maximum Gasteiger partial charge on any atom is 0.131 e. The van der Waals surface area contributed by atoms with E-state index in [2.05, 4.69) is 28.1 Å². The second kappa shape index (κ2) is 5.91. The third-order valence-corrected chi connectivity index (χ3v) is 2.63. The molecule has 4 nitrogen and oxygen atoms in total. The predicted octanol–water partition coefficient (Wildman–Crippen LogP) is 1.11. The van der Waals surface area contributed by atoms with Crippen molar-refractivity contribution in [2.45, 2.75) is 6.42 Å². The molecule has 0 spiro atoms. The summed E-state index contributed by atoms with van der Waals surface area (Å²) in [6.45, 7) is 7.64. The number of aromatic nitrogens is 2. The first-order chi connectivity index (χ1) is 9.24. The summed E-state index contributed by atoms with van der Waals surface area (Å²) in [7, 11) is 1.72. The second-order valence-electron chi connectivity index (χ2n) is 3.97. The van der Waals surface area contributed by atoms with Crippen LogP contribution in [0.3, 0.4) is 0 Å². The zero-order valence-corrected chi connectivity index (χ0v) is 10.8. The molecule has 2 rings (SSSR count). The van der Waals surface area contributed by atoms with Crippen molar-refractivity contribution in [3.05, 3.63) is 59.4 Å². The van der Waals surface area contributed by atoms with Gasteiger partial charge in [0.25, 0.3) is 0 Å². The Balaban J connectivity index is 2.62. The van der Waals surface area contributed by atoms with Gasteiger partial charge in [-0.1, -0.05) is 19.2 Å². The Labute approximate surface area is 111 Å². The van der Waals surface area contributed by atoms with Gasteiger partial charge in [-0.15, -0.1) is 0 Å². The SMILES string of the molecule is C=C/C1=C(\C=NC)C/C=c2/ncnc/c2=C/C(=C)O1. The monoisotopic (exact) mass is 253 g/mol. The Morgan fingerprint density at radius 3 is 3.05 bits per heavy atom. The molecule has 0 amide bonds. The summed E-state index contributed by atoms with van der Waals surface area (Å²) in [6, 6.07) is 0. The van der Waals surface area contributed by atoms with Gasteiger partial charge in [0.15, 0.2) is 0 Å². The zero-order chi connectivity index (χ0) is 13.7. The Hall–Kier alpha value is -2.49. The minimum atomic E-state index is 0.517. The highest BCUT2D eigenvalue weighted by atomic mass is 16.5. The summed E-state index contributed by atoms with van der Waals surface area (Å²) in [5.74, 6) is 1.17. The normalized spacial score (nSPS) is 22.9. The number of nitrogens with zero attached hydrogens (tertiary/aromatic N) is 3. The average Bonchev–Trinajstić information content (AvgIpc) is 2.48. The molecule has 1 aromatic rings. The molecular formula is C15H15N3O. The zero-order valence-electron chi connectivity index (χ0n) is 10.8. The van der Waals surface area contributed by atoms with Crippen molar-refractivity contribution < 1.29 is 4.74 Å². The lowest BCUT2D eigenvalue weighted by Gasteiger charge is -2.08. The number of aliphatic imine (C=N–C) groups is 1. The highest BCUT2D eigenvalue weighted by Crippen LogP contribution is 2.15. The van der Waals surface area contributed by atoms with Crippen LogP contribution in [0, 0.1) is 0 Å². The summed E-state index contributed by atoms with van der Waals surface area (Å²) in [5, 5.41) is 1.73. The van der Waals surface area contributed by atoms with Crippen LogP contribution in [0.4, 0.5) is 0 Å². The number of fused-ring (bicyclic) bond motifs is 1. The lowest BCUT2D eigenvalue weighted by atomic mass is 10.1. The lowest BCUT2D eigenvalue weighted by Crippen LogP contribution is -2.28. The molecule has 19 heavy (non-hydrogen) atoms. The predicted molar refractivity (Wildman–Crippen MR) is 76.7 cm³/mol. The Morgan fingerprint density at radius 1 is 1.47 bits per heavy atom. The third kappa shape index (κ3) is 3.04. The van der Waals surface area contributed by atoms with Gasteiger partial charge in [-0.05, 0) is 18.6 Å². The Bertz CT molecular complexity index is 684. The molecule has 0 bridgehead atoms. The van der Waals surface area contributed by atoms with E-state index < -0.39 is 0 Å². The summed E-state index contributed by atoms with van der Waals surface area (Å²) >= 11 is 0. The maximum absolute atomic E-state index is 5.69. The summed E-state index contributed by atoms with van der Waals surface area (Å²) in [4.78, 5) is 12.3. The van der Waals surface area contributed by atoms with Gasteiger partial charge in [-0.25, -0.2) is 9.97 Å². The molecule has 0 unspecified atom stereocenters. The summed E-state index contributed by atoms with van der Waals surface area (Å²) < 4.78 is 5.69. The van der Waals surface area contributed by atoms with Crippen LogP contribution in [0.25, 0.3) is 12.2 Å². The van der Waals surface area contributed by atoms with E-state index in [9.17, 15) is 0 Å². The van der Waals surface area contributed by atoms with Crippen molar-refractivity contribution >= 4 is 18.4 Å². The van der Waals surface area contributed by atoms with E-state index in [1.165, 1.54) is 6.33 Å². The molecular weight excluding hydrogens is 238 g/mol. The minimum Gasteiger partial charge on any atom is -0.458 e.